The maximum Gasteiger partial charge on any atom is 0.357 e. The number of carboxylic acids is 1. The highest BCUT2D eigenvalue weighted by Crippen LogP contribution is 2.33. The van der Waals surface area contributed by atoms with Crippen LogP contribution >= 0.6 is 34.8 Å². The minimum absolute atomic E-state index is 0.0658. The largest absolute Gasteiger partial charge is 0.476 e. The maximum absolute atomic E-state index is 12.9. The second-order valence-electron chi connectivity index (χ2n) is 6.63. The van der Waals surface area contributed by atoms with Crippen molar-refractivity contribution in [2.75, 3.05) is 5.32 Å². The predicted molar refractivity (Wildman–Crippen MR) is 120 cm³/mol. The van der Waals surface area contributed by atoms with Crippen molar-refractivity contribution in [3.8, 4) is 16.9 Å². The molecule has 0 aliphatic rings. The molecule has 162 valence electrons. The van der Waals surface area contributed by atoms with Crippen LogP contribution in [-0.2, 0) is 0 Å². The van der Waals surface area contributed by atoms with Crippen LogP contribution in [0.2, 0.25) is 15.1 Å². The zero-order chi connectivity index (χ0) is 23.0. The number of amides is 1. The summed E-state index contributed by atoms with van der Waals surface area (Å²) >= 11 is 18.5. The first-order valence-electron chi connectivity index (χ1n) is 9.05. The van der Waals surface area contributed by atoms with Crippen LogP contribution in [0.3, 0.4) is 0 Å². The Morgan fingerprint density at radius 1 is 1.06 bits per heavy atom. The molecule has 0 aliphatic heterocycles. The van der Waals surface area contributed by atoms with E-state index in [0.717, 1.165) is 11.8 Å². The van der Waals surface area contributed by atoms with Crippen LogP contribution in [-0.4, -0.2) is 31.7 Å². The Hall–Kier alpha value is -3.33. The number of carboxylic acid groups (broad SMARTS) is 1. The average Bonchev–Trinajstić information content (AvgIpc) is 3.34. The highest BCUT2D eigenvalue weighted by Gasteiger charge is 2.24. The minimum atomic E-state index is -1.28. The number of nitrogens with one attached hydrogen (secondary N) is 1. The Morgan fingerprint density at radius 2 is 1.75 bits per heavy atom. The van der Waals surface area contributed by atoms with E-state index in [0.29, 0.717) is 32.0 Å². The van der Waals surface area contributed by atoms with Gasteiger partial charge in [-0.15, -0.1) is 0 Å². The number of rotatable bonds is 5. The van der Waals surface area contributed by atoms with E-state index in [1.165, 1.54) is 4.68 Å². The molecule has 1 amide bonds. The number of benzene rings is 2. The summed E-state index contributed by atoms with van der Waals surface area (Å²) in [5.41, 5.74) is 2.13. The van der Waals surface area contributed by atoms with Crippen molar-refractivity contribution in [1.29, 1.82) is 0 Å². The van der Waals surface area contributed by atoms with Crippen molar-refractivity contribution in [3.63, 3.8) is 0 Å². The highest BCUT2D eigenvalue weighted by molar-refractivity contribution is 6.35. The fraction of sp³-hybridized carbons (Fsp3) is 0.0476. The number of aromatic nitrogens is 3. The van der Waals surface area contributed by atoms with Crippen LogP contribution in [0.1, 0.15) is 26.5 Å². The molecule has 0 saturated carbocycles. The van der Waals surface area contributed by atoms with E-state index in [4.69, 9.17) is 44.3 Å². The molecule has 0 fully saturated rings. The van der Waals surface area contributed by atoms with Gasteiger partial charge < -0.3 is 9.52 Å². The number of oxazole rings is 1. The van der Waals surface area contributed by atoms with Crippen LogP contribution in [0.5, 0.6) is 0 Å². The van der Waals surface area contributed by atoms with E-state index in [9.17, 15) is 9.59 Å². The molecule has 8 nitrogen and oxygen atoms in total. The van der Waals surface area contributed by atoms with Crippen molar-refractivity contribution < 1.29 is 19.1 Å². The molecule has 4 aromatic rings. The van der Waals surface area contributed by atoms with Gasteiger partial charge in [0, 0.05) is 21.2 Å². The number of hydrogen-bond acceptors (Lipinski definition) is 5. The molecule has 0 saturated heterocycles. The standard InChI is InChI=1S/C21H13Cl3N4O4/c1-10-17(19(29)26-21-25-15(9-32-21)20(30)31)27-28(16-7-6-13(23)8-14(16)24)18(10)11-2-4-12(22)5-3-11/h2-9H,1H3,(H,30,31)(H,25,26,29). The molecule has 2 N–H and O–H groups in total. The summed E-state index contributed by atoms with van der Waals surface area (Å²) < 4.78 is 6.53. The molecule has 4 rings (SSSR count). The van der Waals surface area contributed by atoms with Gasteiger partial charge in [0.25, 0.3) is 5.91 Å². The molecule has 0 spiro atoms. The van der Waals surface area contributed by atoms with Crippen LogP contribution in [0.4, 0.5) is 6.01 Å². The number of carbonyl (C=O) groups excluding carboxylic acids is 1. The highest BCUT2D eigenvalue weighted by atomic mass is 35.5. The van der Waals surface area contributed by atoms with E-state index in [1.807, 2.05) is 0 Å². The SMILES string of the molecule is Cc1c(C(=O)Nc2nc(C(=O)O)co2)nn(-c2ccc(Cl)cc2Cl)c1-c1ccc(Cl)cc1. The lowest BCUT2D eigenvalue weighted by Gasteiger charge is -2.11. The lowest BCUT2D eigenvalue weighted by molar-refractivity contribution is 0.0690. The van der Waals surface area contributed by atoms with Crippen molar-refractivity contribution in [2.24, 2.45) is 0 Å². The summed E-state index contributed by atoms with van der Waals surface area (Å²) in [5, 5.41) is 17.2. The molecule has 0 atom stereocenters. The molecule has 2 aromatic carbocycles. The molecule has 0 bridgehead atoms. The molecular weight excluding hydrogens is 479 g/mol. The van der Waals surface area contributed by atoms with Gasteiger partial charge in [0.05, 0.1) is 16.4 Å². The van der Waals surface area contributed by atoms with Crippen LogP contribution in [0.25, 0.3) is 16.9 Å². The van der Waals surface area contributed by atoms with E-state index < -0.39 is 11.9 Å². The Bertz CT molecular complexity index is 1350. The molecule has 2 aromatic heterocycles. The summed E-state index contributed by atoms with van der Waals surface area (Å²) in [5.74, 6) is -1.92. The monoisotopic (exact) mass is 490 g/mol. The second kappa shape index (κ2) is 8.66. The fourth-order valence-electron chi connectivity index (χ4n) is 3.07. The smallest absolute Gasteiger partial charge is 0.357 e. The van der Waals surface area contributed by atoms with Gasteiger partial charge in [0.2, 0.25) is 0 Å². The zero-order valence-electron chi connectivity index (χ0n) is 16.3. The predicted octanol–water partition coefficient (Wildman–Crippen LogP) is 5.75. The van der Waals surface area contributed by atoms with E-state index in [1.54, 1.807) is 49.4 Å². The van der Waals surface area contributed by atoms with Crippen LogP contribution < -0.4 is 5.32 Å². The first-order chi connectivity index (χ1) is 15.2. The Labute approximate surface area is 196 Å². The van der Waals surface area contributed by atoms with Gasteiger partial charge in [-0.1, -0.05) is 46.9 Å². The van der Waals surface area contributed by atoms with Crippen molar-refractivity contribution in [3.05, 3.63) is 80.7 Å². The lowest BCUT2D eigenvalue weighted by atomic mass is 10.1. The molecule has 32 heavy (non-hydrogen) atoms. The maximum atomic E-state index is 12.9. The van der Waals surface area contributed by atoms with Gasteiger partial charge >= 0.3 is 12.0 Å². The van der Waals surface area contributed by atoms with Gasteiger partial charge in [-0.05, 0) is 37.3 Å². The molecule has 0 radical (unpaired) electrons. The summed E-state index contributed by atoms with van der Waals surface area (Å²) in [6.07, 6.45) is 0.927. The number of aromatic carboxylic acids is 1. The first kappa shape index (κ1) is 21.9. The summed E-state index contributed by atoms with van der Waals surface area (Å²) in [6, 6.07) is 11.7. The average molecular weight is 492 g/mol. The van der Waals surface area contributed by atoms with E-state index in [-0.39, 0.29) is 17.4 Å². The van der Waals surface area contributed by atoms with Gasteiger partial charge in [0.15, 0.2) is 11.4 Å². The second-order valence-corrected chi connectivity index (χ2v) is 7.91. The summed E-state index contributed by atoms with van der Waals surface area (Å²) in [7, 11) is 0. The van der Waals surface area contributed by atoms with Crippen molar-refractivity contribution >= 4 is 52.7 Å². The molecule has 11 heteroatoms. The lowest BCUT2D eigenvalue weighted by Crippen LogP contribution is -2.14. The van der Waals surface area contributed by atoms with Crippen molar-refractivity contribution in [1.82, 2.24) is 14.8 Å². The van der Waals surface area contributed by atoms with E-state index >= 15 is 0 Å². The van der Waals surface area contributed by atoms with Gasteiger partial charge in [0.1, 0.15) is 6.26 Å². The van der Waals surface area contributed by atoms with Gasteiger partial charge in [-0.3, -0.25) is 10.1 Å². The summed E-state index contributed by atoms with van der Waals surface area (Å²) in [6.45, 7) is 1.73. The third-order valence-corrected chi connectivity index (χ3v) is 5.33. The zero-order valence-corrected chi connectivity index (χ0v) is 18.5. The normalized spacial score (nSPS) is 10.9. The Kier molecular flexibility index (Phi) is 5.92. The topological polar surface area (TPSA) is 110 Å². The Morgan fingerprint density at radius 3 is 2.38 bits per heavy atom. The quantitative estimate of drug-likeness (QED) is 0.368. The third-order valence-electron chi connectivity index (χ3n) is 4.54. The molecule has 2 heterocycles. The summed E-state index contributed by atoms with van der Waals surface area (Å²) in [4.78, 5) is 27.6. The molecule has 0 aliphatic carbocycles. The Balaban J connectivity index is 1.82. The number of hydrogen-bond donors (Lipinski definition) is 2. The van der Waals surface area contributed by atoms with Crippen LogP contribution in [0, 0.1) is 6.92 Å². The van der Waals surface area contributed by atoms with Crippen molar-refractivity contribution in [2.45, 2.75) is 6.92 Å². The molecule has 0 unspecified atom stereocenters. The third kappa shape index (κ3) is 4.20. The van der Waals surface area contributed by atoms with Crippen LogP contribution in [0.15, 0.2) is 53.1 Å². The number of halogens is 3. The number of carbonyl (C=O) groups is 2. The fourth-order valence-corrected chi connectivity index (χ4v) is 3.69. The van der Waals surface area contributed by atoms with E-state index in [2.05, 4.69) is 15.4 Å². The van der Waals surface area contributed by atoms with Gasteiger partial charge in [-0.2, -0.15) is 10.1 Å². The molecular formula is C21H13Cl3N4O4. The van der Waals surface area contributed by atoms with Gasteiger partial charge in [-0.25, -0.2) is 9.48 Å². The first-order valence-corrected chi connectivity index (χ1v) is 10.2. The number of anilines is 1. The minimum Gasteiger partial charge on any atom is -0.476 e. The number of nitrogens with zero attached hydrogens (tertiary/aromatic N) is 3.